The monoisotopic (exact) mass is 480 g/mol. The van der Waals surface area contributed by atoms with Crippen LogP contribution in [0.4, 0.5) is 0 Å². The third kappa shape index (κ3) is 3.73. The van der Waals surface area contributed by atoms with Crippen LogP contribution in [0.5, 0.6) is 0 Å². The Morgan fingerprint density at radius 3 is 2.32 bits per heavy atom. The Bertz CT molecular complexity index is 860. The Kier molecular flexibility index (Phi) is 6.24. The molecule has 0 unspecified atom stereocenters. The first-order chi connectivity index (χ1) is 15.5. The van der Waals surface area contributed by atoms with Gasteiger partial charge >= 0.3 is 0 Å². The summed E-state index contributed by atoms with van der Waals surface area (Å²) in [6, 6.07) is 0. The van der Waals surface area contributed by atoms with Crippen molar-refractivity contribution >= 4 is 5.78 Å². The van der Waals surface area contributed by atoms with Gasteiger partial charge in [0.15, 0.2) is 5.78 Å². The molecular weight excluding hydrogens is 436 g/mol. The molecule has 4 aliphatic carbocycles. The van der Waals surface area contributed by atoms with Crippen LogP contribution in [0.3, 0.4) is 0 Å². The molecule has 0 radical (unpaired) electrons. The summed E-state index contributed by atoms with van der Waals surface area (Å²) in [5, 5.41) is 65.5. The summed E-state index contributed by atoms with van der Waals surface area (Å²) in [6.45, 7) is 8.96. The summed E-state index contributed by atoms with van der Waals surface area (Å²) in [5.74, 6) is -0.948. The van der Waals surface area contributed by atoms with E-state index in [1.54, 1.807) is 26.8 Å². The second kappa shape index (κ2) is 8.09. The number of aliphatic hydroxyl groups excluding tert-OH is 3. The maximum atomic E-state index is 13.2. The van der Waals surface area contributed by atoms with E-state index in [-0.39, 0.29) is 36.4 Å². The molecule has 0 spiro atoms. The van der Waals surface area contributed by atoms with Gasteiger partial charge in [-0.1, -0.05) is 13.8 Å². The van der Waals surface area contributed by atoms with Crippen LogP contribution in [0.2, 0.25) is 0 Å². The summed E-state index contributed by atoms with van der Waals surface area (Å²) in [5.41, 5.74) is -4.27. The number of carbonyl (C=O) groups excluding carboxylic acids is 1. The molecule has 6 N–H and O–H groups in total. The Labute approximate surface area is 202 Å². The number of hydrogen-bond donors (Lipinski definition) is 6. The van der Waals surface area contributed by atoms with E-state index in [2.05, 4.69) is 0 Å². The zero-order valence-electron chi connectivity index (χ0n) is 21.3. The maximum Gasteiger partial charge on any atom is 0.159 e. The van der Waals surface area contributed by atoms with Gasteiger partial charge in [0, 0.05) is 11.3 Å². The van der Waals surface area contributed by atoms with Gasteiger partial charge in [0.05, 0.1) is 35.1 Å². The normalized spacial score (nSPS) is 47.2. The molecule has 7 heteroatoms. The largest absolute Gasteiger partial charge is 0.390 e. The summed E-state index contributed by atoms with van der Waals surface area (Å²) in [7, 11) is 0. The number of ketones is 1. The van der Waals surface area contributed by atoms with Crippen molar-refractivity contribution in [1.82, 2.24) is 0 Å². The van der Waals surface area contributed by atoms with Gasteiger partial charge in [-0.05, 0) is 101 Å². The lowest BCUT2D eigenvalue weighted by Crippen LogP contribution is -2.62. The van der Waals surface area contributed by atoms with Crippen molar-refractivity contribution in [3.05, 3.63) is 11.6 Å². The van der Waals surface area contributed by atoms with Crippen LogP contribution in [0, 0.1) is 28.6 Å². The Balaban J connectivity index is 1.66. The van der Waals surface area contributed by atoms with Crippen molar-refractivity contribution in [2.45, 2.75) is 121 Å². The Morgan fingerprint density at radius 2 is 1.71 bits per heavy atom. The molecule has 0 aromatic carbocycles. The second-order valence-electron chi connectivity index (χ2n) is 13.2. The van der Waals surface area contributed by atoms with Gasteiger partial charge in [0.2, 0.25) is 0 Å². The van der Waals surface area contributed by atoms with Crippen LogP contribution in [-0.2, 0) is 4.79 Å². The highest BCUT2D eigenvalue weighted by Crippen LogP contribution is 2.68. The first kappa shape index (κ1) is 26.2. The highest BCUT2D eigenvalue weighted by Gasteiger charge is 2.69. The zero-order valence-corrected chi connectivity index (χ0v) is 21.3. The number of allylic oxidation sites excluding steroid dienone is 1. The lowest BCUT2D eigenvalue weighted by molar-refractivity contribution is -0.177. The molecule has 10 atom stereocenters. The fourth-order valence-electron chi connectivity index (χ4n) is 8.32. The van der Waals surface area contributed by atoms with E-state index in [1.807, 2.05) is 13.8 Å². The van der Waals surface area contributed by atoms with Gasteiger partial charge < -0.3 is 30.6 Å². The molecule has 7 nitrogen and oxygen atoms in total. The Hall–Kier alpha value is -0.830. The maximum absolute atomic E-state index is 13.2. The van der Waals surface area contributed by atoms with Crippen molar-refractivity contribution in [2.24, 2.45) is 28.6 Å². The highest BCUT2D eigenvalue weighted by molar-refractivity contribution is 5.95. The molecule has 194 valence electrons. The SMILES string of the molecule is CC(C)(O)CC[C@H](O)[C@](C)(O)[C@H]1CC[C@@]2(O)C3=CC(=O)[C@@H]4C[C@H](O)[C@H](O)C[C@]4(C)[C@H]3CC[C@]12C. The number of hydrogen-bond acceptors (Lipinski definition) is 7. The molecule has 0 saturated heterocycles. The number of fused-ring (bicyclic) bond motifs is 5. The summed E-state index contributed by atoms with van der Waals surface area (Å²) < 4.78 is 0. The minimum Gasteiger partial charge on any atom is -0.390 e. The van der Waals surface area contributed by atoms with E-state index in [1.165, 1.54) is 0 Å². The van der Waals surface area contributed by atoms with Crippen molar-refractivity contribution in [1.29, 1.82) is 0 Å². The average Bonchev–Trinajstić information content (AvgIpc) is 3.00. The minimum absolute atomic E-state index is 0.0840. The lowest BCUT2D eigenvalue weighted by Gasteiger charge is -2.60. The van der Waals surface area contributed by atoms with Gasteiger partial charge in [-0.3, -0.25) is 4.79 Å². The van der Waals surface area contributed by atoms with Crippen LogP contribution < -0.4 is 0 Å². The number of aliphatic hydroxyl groups is 6. The molecule has 0 amide bonds. The smallest absolute Gasteiger partial charge is 0.159 e. The van der Waals surface area contributed by atoms with Crippen molar-refractivity contribution < 1.29 is 35.4 Å². The predicted molar refractivity (Wildman–Crippen MR) is 127 cm³/mol. The number of rotatable bonds is 5. The van der Waals surface area contributed by atoms with Crippen LogP contribution >= 0.6 is 0 Å². The molecular formula is C27H44O7. The van der Waals surface area contributed by atoms with Crippen LogP contribution in [0.25, 0.3) is 0 Å². The van der Waals surface area contributed by atoms with Crippen molar-refractivity contribution in [2.75, 3.05) is 0 Å². The fraction of sp³-hybridized carbons (Fsp3) is 0.889. The fourth-order valence-corrected chi connectivity index (χ4v) is 8.32. The minimum atomic E-state index is -1.46. The van der Waals surface area contributed by atoms with Crippen LogP contribution in [0.1, 0.15) is 86.0 Å². The number of carbonyl (C=O) groups is 1. The quantitative estimate of drug-likeness (QED) is 0.353. The molecule has 4 rings (SSSR count). The van der Waals surface area contributed by atoms with E-state index < -0.39 is 45.9 Å². The van der Waals surface area contributed by atoms with Crippen LogP contribution in [0.15, 0.2) is 11.6 Å². The molecule has 4 aliphatic rings. The molecule has 0 heterocycles. The van der Waals surface area contributed by atoms with E-state index >= 15 is 0 Å². The Morgan fingerprint density at radius 1 is 1.06 bits per heavy atom. The zero-order chi connectivity index (χ0) is 25.5. The van der Waals surface area contributed by atoms with Gasteiger partial charge in [0.25, 0.3) is 0 Å². The van der Waals surface area contributed by atoms with Gasteiger partial charge in [-0.25, -0.2) is 0 Å². The van der Waals surface area contributed by atoms with E-state index in [0.717, 1.165) is 0 Å². The van der Waals surface area contributed by atoms with Crippen molar-refractivity contribution in [3.8, 4) is 0 Å². The standard InChI is InChI=1S/C27H44O7/c1-23(2,32)9-8-22(31)26(5,33)21-7-11-27(34)16-12-18(28)17-13-19(29)20(30)14-24(17,3)15(16)6-10-25(21,27)4/h12,15,17,19-22,29-34H,6-11,13-14H2,1-5H3/t15-,17-,19-,20+,21-,22-,24+,25+,26+,27+/m0/s1. The molecule has 0 aliphatic heterocycles. The van der Waals surface area contributed by atoms with Gasteiger partial charge in [0.1, 0.15) is 0 Å². The molecule has 0 aromatic rings. The van der Waals surface area contributed by atoms with Crippen molar-refractivity contribution in [3.63, 3.8) is 0 Å². The van der Waals surface area contributed by atoms with E-state index in [9.17, 15) is 35.4 Å². The lowest BCUT2D eigenvalue weighted by atomic mass is 9.45. The van der Waals surface area contributed by atoms with E-state index in [0.29, 0.717) is 44.1 Å². The summed E-state index contributed by atoms with van der Waals surface area (Å²) >= 11 is 0. The second-order valence-corrected chi connectivity index (χ2v) is 13.2. The molecule has 3 fully saturated rings. The molecule has 3 saturated carbocycles. The summed E-state index contributed by atoms with van der Waals surface area (Å²) in [6.07, 6.45) is 2.11. The molecule has 0 bridgehead atoms. The average molecular weight is 481 g/mol. The van der Waals surface area contributed by atoms with E-state index in [4.69, 9.17) is 0 Å². The highest BCUT2D eigenvalue weighted by atomic mass is 16.3. The van der Waals surface area contributed by atoms with Crippen LogP contribution in [-0.4, -0.2) is 71.5 Å². The molecule has 0 aromatic heterocycles. The topological polar surface area (TPSA) is 138 Å². The molecule has 34 heavy (non-hydrogen) atoms. The third-order valence-corrected chi connectivity index (χ3v) is 10.5. The van der Waals surface area contributed by atoms with Gasteiger partial charge in [-0.15, -0.1) is 0 Å². The first-order valence-corrected chi connectivity index (χ1v) is 12.9. The van der Waals surface area contributed by atoms with Gasteiger partial charge in [-0.2, -0.15) is 0 Å². The summed E-state index contributed by atoms with van der Waals surface area (Å²) in [4.78, 5) is 13.2. The third-order valence-electron chi connectivity index (χ3n) is 10.5. The predicted octanol–water partition coefficient (Wildman–Crippen LogP) is 1.85. The first-order valence-electron chi connectivity index (χ1n) is 12.9.